The van der Waals surface area contributed by atoms with Crippen molar-refractivity contribution < 1.29 is 9.50 Å². The number of benzene rings is 1. The Kier molecular flexibility index (Phi) is 2.87. The summed E-state index contributed by atoms with van der Waals surface area (Å²) in [6.07, 6.45) is 0. The molecule has 0 fully saturated rings. The third-order valence-electron chi connectivity index (χ3n) is 2.67. The highest BCUT2D eigenvalue weighted by Gasteiger charge is 2.19. The van der Waals surface area contributed by atoms with Gasteiger partial charge in [-0.25, -0.2) is 14.4 Å². The van der Waals surface area contributed by atoms with Gasteiger partial charge < -0.3 is 5.11 Å². The van der Waals surface area contributed by atoms with Gasteiger partial charge in [0.25, 0.3) is 0 Å². The van der Waals surface area contributed by atoms with Crippen LogP contribution in [0.1, 0.15) is 11.3 Å². The number of aromatic hydroxyl groups is 1. The molecular formula is C12H8ClFN2OS. The van der Waals surface area contributed by atoms with Crippen molar-refractivity contribution in [2.24, 2.45) is 0 Å². The molecule has 18 heavy (non-hydrogen) atoms. The summed E-state index contributed by atoms with van der Waals surface area (Å²) in [6.45, 7) is 0. The van der Waals surface area contributed by atoms with Gasteiger partial charge in [-0.2, -0.15) is 11.8 Å². The second kappa shape index (κ2) is 4.40. The molecule has 3 rings (SSSR count). The first-order chi connectivity index (χ1) is 8.63. The first-order valence-corrected chi connectivity index (χ1v) is 6.80. The number of rotatable bonds is 1. The molecular weight excluding hydrogens is 275 g/mol. The van der Waals surface area contributed by atoms with Crippen LogP contribution in [0, 0.1) is 5.82 Å². The maximum atomic E-state index is 13.2. The number of thioether (sulfide) groups is 1. The number of aromatic nitrogens is 2. The van der Waals surface area contributed by atoms with Crippen LogP contribution in [0.25, 0.3) is 11.4 Å². The van der Waals surface area contributed by atoms with Crippen molar-refractivity contribution in [1.82, 2.24) is 9.97 Å². The highest BCUT2D eigenvalue weighted by molar-refractivity contribution is 7.98. The number of hydrogen-bond donors (Lipinski definition) is 1. The molecule has 2 aromatic rings. The van der Waals surface area contributed by atoms with Crippen LogP contribution in [0.5, 0.6) is 5.75 Å². The molecule has 0 unspecified atom stereocenters. The molecule has 0 spiro atoms. The molecule has 0 bridgehead atoms. The lowest BCUT2D eigenvalue weighted by molar-refractivity contribution is 0.469. The third-order valence-corrected chi connectivity index (χ3v) is 3.95. The van der Waals surface area contributed by atoms with E-state index < -0.39 is 5.82 Å². The fraction of sp³-hybridized carbons (Fsp3) is 0.167. The summed E-state index contributed by atoms with van der Waals surface area (Å²) in [5.41, 5.74) is 2.26. The second-order valence-electron chi connectivity index (χ2n) is 3.95. The SMILES string of the molecule is Oc1cc(F)cc(-c2nc(Cl)c3c(n2)CSC3)c1. The minimum Gasteiger partial charge on any atom is -0.508 e. The molecule has 3 nitrogen and oxygen atoms in total. The van der Waals surface area contributed by atoms with E-state index in [0.29, 0.717) is 16.5 Å². The van der Waals surface area contributed by atoms with Gasteiger partial charge in [-0.3, -0.25) is 0 Å². The molecule has 2 heterocycles. The maximum Gasteiger partial charge on any atom is 0.161 e. The van der Waals surface area contributed by atoms with Crippen molar-refractivity contribution in [3.05, 3.63) is 40.4 Å². The highest BCUT2D eigenvalue weighted by atomic mass is 35.5. The van der Waals surface area contributed by atoms with Gasteiger partial charge in [-0.05, 0) is 12.1 Å². The van der Waals surface area contributed by atoms with Gasteiger partial charge in [0.05, 0.1) is 5.69 Å². The summed E-state index contributed by atoms with van der Waals surface area (Å²) >= 11 is 7.80. The van der Waals surface area contributed by atoms with Gasteiger partial charge in [0.1, 0.15) is 16.7 Å². The van der Waals surface area contributed by atoms with Crippen molar-refractivity contribution in [1.29, 1.82) is 0 Å². The monoisotopic (exact) mass is 282 g/mol. The van der Waals surface area contributed by atoms with E-state index in [9.17, 15) is 9.50 Å². The molecule has 0 amide bonds. The number of nitrogens with zero attached hydrogens (tertiary/aromatic N) is 2. The molecule has 6 heteroatoms. The molecule has 1 aliphatic heterocycles. The maximum absolute atomic E-state index is 13.2. The Hall–Kier alpha value is -1.33. The number of halogens is 2. The predicted molar refractivity (Wildman–Crippen MR) is 69.1 cm³/mol. The van der Waals surface area contributed by atoms with Gasteiger partial charge in [0, 0.05) is 28.7 Å². The Labute approximate surface area is 112 Å². The van der Waals surface area contributed by atoms with Gasteiger partial charge in [-0.15, -0.1) is 0 Å². The van der Waals surface area contributed by atoms with E-state index in [1.54, 1.807) is 11.8 Å². The molecule has 0 atom stereocenters. The zero-order valence-electron chi connectivity index (χ0n) is 9.15. The fourth-order valence-electron chi connectivity index (χ4n) is 1.84. The summed E-state index contributed by atoms with van der Waals surface area (Å²) in [6, 6.07) is 3.73. The van der Waals surface area contributed by atoms with E-state index in [1.807, 2.05) is 0 Å². The minimum atomic E-state index is -0.528. The topological polar surface area (TPSA) is 46.0 Å². The molecule has 1 aromatic heterocycles. The molecule has 0 radical (unpaired) electrons. The third kappa shape index (κ3) is 2.04. The summed E-state index contributed by atoms with van der Waals surface area (Å²) in [5.74, 6) is 1.25. The summed E-state index contributed by atoms with van der Waals surface area (Å²) in [4.78, 5) is 8.53. The van der Waals surface area contributed by atoms with E-state index in [-0.39, 0.29) is 5.75 Å². The summed E-state index contributed by atoms with van der Waals surface area (Å²) in [7, 11) is 0. The quantitative estimate of drug-likeness (QED) is 0.815. The van der Waals surface area contributed by atoms with Crippen LogP contribution in [-0.2, 0) is 11.5 Å². The van der Waals surface area contributed by atoms with E-state index in [0.717, 1.165) is 28.8 Å². The van der Waals surface area contributed by atoms with Gasteiger partial charge in [0.15, 0.2) is 5.82 Å². The fourth-order valence-corrected chi connectivity index (χ4v) is 3.22. The Balaban J connectivity index is 2.15. The zero-order valence-corrected chi connectivity index (χ0v) is 10.7. The highest BCUT2D eigenvalue weighted by Crippen LogP contribution is 2.34. The first kappa shape index (κ1) is 11.7. The normalized spacial score (nSPS) is 13.7. The van der Waals surface area contributed by atoms with Gasteiger partial charge >= 0.3 is 0 Å². The van der Waals surface area contributed by atoms with Crippen molar-refractivity contribution >= 4 is 23.4 Å². The lowest BCUT2D eigenvalue weighted by atomic mass is 10.2. The molecule has 1 N–H and O–H groups in total. The van der Waals surface area contributed by atoms with E-state index in [4.69, 9.17) is 11.6 Å². The van der Waals surface area contributed by atoms with Gasteiger partial charge in [0.2, 0.25) is 0 Å². The van der Waals surface area contributed by atoms with Crippen molar-refractivity contribution in [3.63, 3.8) is 0 Å². The molecule has 0 aliphatic carbocycles. The Morgan fingerprint density at radius 1 is 1.22 bits per heavy atom. The van der Waals surface area contributed by atoms with Crippen LogP contribution in [0.3, 0.4) is 0 Å². The second-order valence-corrected chi connectivity index (χ2v) is 5.30. The average molecular weight is 283 g/mol. The Morgan fingerprint density at radius 2 is 2.06 bits per heavy atom. The number of phenols is 1. The van der Waals surface area contributed by atoms with Crippen molar-refractivity contribution in [2.75, 3.05) is 0 Å². The first-order valence-electron chi connectivity index (χ1n) is 5.26. The number of phenolic OH excluding ortho intramolecular Hbond substituents is 1. The summed E-state index contributed by atoms with van der Waals surface area (Å²) < 4.78 is 13.2. The van der Waals surface area contributed by atoms with Crippen molar-refractivity contribution in [3.8, 4) is 17.1 Å². The molecule has 92 valence electrons. The number of hydrogen-bond acceptors (Lipinski definition) is 4. The largest absolute Gasteiger partial charge is 0.508 e. The Bertz CT molecular complexity index is 615. The van der Waals surface area contributed by atoms with Crippen LogP contribution < -0.4 is 0 Å². The molecule has 1 aliphatic rings. The standard InChI is InChI=1S/C12H8ClFN2OS/c13-11-9-4-18-5-10(9)15-12(16-11)6-1-7(14)3-8(17)2-6/h1-3,17H,4-5H2. The van der Waals surface area contributed by atoms with Crippen LogP contribution in [0.15, 0.2) is 18.2 Å². The Morgan fingerprint density at radius 3 is 2.83 bits per heavy atom. The zero-order chi connectivity index (χ0) is 12.7. The smallest absolute Gasteiger partial charge is 0.161 e. The van der Waals surface area contributed by atoms with E-state index in [2.05, 4.69) is 9.97 Å². The minimum absolute atomic E-state index is 0.153. The van der Waals surface area contributed by atoms with Crippen LogP contribution in [0.2, 0.25) is 5.15 Å². The lowest BCUT2D eigenvalue weighted by Gasteiger charge is -2.06. The molecule has 1 aromatic carbocycles. The summed E-state index contributed by atoms with van der Waals surface area (Å²) in [5, 5.41) is 9.79. The molecule has 0 saturated carbocycles. The van der Waals surface area contributed by atoms with Crippen LogP contribution in [-0.4, -0.2) is 15.1 Å². The van der Waals surface area contributed by atoms with E-state index >= 15 is 0 Å². The van der Waals surface area contributed by atoms with Crippen LogP contribution >= 0.6 is 23.4 Å². The van der Waals surface area contributed by atoms with Crippen molar-refractivity contribution in [2.45, 2.75) is 11.5 Å². The molecule has 0 saturated heterocycles. The lowest BCUT2D eigenvalue weighted by Crippen LogP contribution is -1.97. The predicted octanol–water partition coefficient (Wildman–Crippen LogP) is 3.39. The van der Waals surface area contributed by atoms with Crippen LogP contribution in [0.4, 0.5) is 4.39 Å². The average Bonchev–Trinajstić information content (AvgIpc) is 2.76. The number of fused-ring (bicyclic) bond motifs is 1. The van der Waals surface area contributed by atoms with Gasteiger partial charge in [-0.1, -0.05) is 11.6 Å². The van der Waals surface area contributed by atoms with E-state index in [1.165, 1.54) is 12.1 Å².